The third kappa shape index (κ3) is 2.98. The van der Waals surface area contributed by atoms with Crippen LogP contribution in [-0.2, 0) is 0 Å². The summed E-state index contributed by atoms with van der Waals surface area (Å²) in [5.41, 5.74) is 3.56. The van der Waals surface area contributed by atoms with E-state index in [4.69, 9.17) is 0 Å². The van der Waals surface area contributed by atoms with E-state index in [-0.39, 0.29) is 5.92 Å². The number of rotatable bonds is 4. The van der Waals surface area contributed by atoms with Gasteiger partial charge in [0.1, 0.15) is 5.75 Å². The monoisotopic (exact) mass is 254 g/mol. The highest BCUT2D eigenvalue weighted by Gasteiger charge is 2.14. The molecule has 0 fully saturated rings. The van der Waals surface area contributed by atoms with Gasteiger partial charge in [0, 0.05) is 11.5 Å². The molecule has 0 spiro atoms. The van der Waals surface area contributed by atoms with Crippen LogP contribution in [-0.4, -0.2) is 5.11 Å². The molecular formula is C18H22O. The maximum Gasteiger partial charge on any atom is 0.119 e. The maximum atomic E-state index is 10.1. The molecule has 0 aliphatic carbocycles. The molecule has 0 saturated carbocycles. The molecule has 2 aromatic rings. The van der Waals surface area contributed by atoms with Crippen LogP contribution in [0.15, 0.2) is 48.5 Å². The molecule has 2 aromatic carbocycles. The minimum atomic E-state index is 0.213. The van der Waals surface area contributed by atoms with E-state index in [1.165, 1.54) is 11.1 Å². The first-order chi connectivity index (χ1) is 9.13. The smallest absolute Gasteiger partial charge is 0.119 e. The quantitative estimate of drug-likeness (QED) is 0.808. The number of phenolic OH excluding ortho intramolecular Hbond substituents is 1. The zero-order valence-electron chi connectivity index (χ0n) is 11.9. The molecule has 1 nitrogen and oxygen atoms in total. The Morgan fingerprint density at radius 1 is 0.947 bits per heavy atom. The van der Waals surface area contributed by atoms with Crippen molar-refractivity contribution in [1.29, 1.82) is 0 Å². The molecule has 100 valence electrons. The molecule has 0 amide bonds. The molecule has 1 N–H and O–H groups in total. The summed E-state index contributed by atoms with van der Waals surface area (Å²) in [6, 6.07) is 16.3. The molecule has 0 saturated heterocycles. The van der Waals surface area contributed by atoms with Crippen LogP contribution in [0.2, 0.25) is 0 Å². The average Bonchev–Trinajstić information content (AvgIpc) is 2.47. The number of hydrogen-bond donors (Lipinski definition) is 1. The van der Waals surface area contributed by atoms with Crippen LogP contribution in [0.25, 0.3) is 0 Å². The summed E-state index contributed by atoms with van der Waals surface area (Å²) in [5.74, 6) is 1.14. The van der Waals surface area contributed by atoms with Gasteiger partial charge < -0.3 is 5.11 Å². The van der Waals surface area contributed by atoms with Gasteiger partial charge in [-0.3, -0.25) is 0 Å². The Balaban J connectivity index is 2.38. The van der Waals surface area contributed by atoms with E-state index >= 15 is 0 Å². The van der Waals surface area contributed by atoms with Gasteiger partial charge in [-0.1, -0.05) is 63.2 Å². The molecule has 0 aliphatic rings. The van der Waals surface area contributed by atoms with Crippen LogP contribution in [0, 0.1) is 0 Å². The van der Waals surface area contributed by atoms with E-state index in [1.807, 2.05) is 30.3 Å². The van der Waals surface area contributed by atoms with Crippen molar-refractivity contribution >= 4 is 0 Å². The first kappa shape index (κ1) is 13.7. The van der Waals surface area contributed by atoms with Crippen LogP contribution in [0.5, 0.6) is 5.75 Å². The van der Waals surface area contributed by atoms with Gasteiger partial charge in [-0.15, -0.1) is 0 Å². The minimum Gasteiger partial charge on any atom is -0.508 e. The van der Waals surface area contributed by atoms with Crippen molar-refractivity contribution in [2.24, 2.45) is 0 Å². The van der Waals surface area contributed by atoms with Gasteiger partial charge in [-0.25, -0.2) is 0 Å². The standard InChI is InChI=1S/C18H22O/c1-4-13(2)16-10-11-18(19)17(12-16)14(3)15-8-6-5-7-9-15/h5-14,19H,4H2,1-3H3/t13-,14+/m1/s1. The second-order valence-corrected chi connectivity index (χ2v) is 5.26. The minimum absolute atomic E-state index is 0.213. The molecular weight excluding hydrogens is 232 g/mol. The second kappa shape index (κ2) is 5.92. The zero-order chi connectivity index (χ0) is 13.8. The van der Waals surface area contributed by atoms with Crippen molar-refractivity contribution in [3.8, 4) is 5.75 Å². The van der Waals surface area contributed by atoms with E-state index in [0.29, 0.717) is 11.7 Å². The van der Waals surface area contributed by atoms with Gasteiger partial charge in [-0.05, 0) is 29.5 Å². The highest BCUT2D eigenvalue weighted by Crippen LogP contribution is 2.33. The number of phenols is 1. The Hall–Kier alpha value is -1.76. The number of benzene rings is 2. The van der Waals surface area contributed by atoms with Crippen molar-refractivity contribution in [3.63, 3.8) is 0 Å². The van der Waals surface area contributed by atoms with Crippen LogP contribution in [0.1, 0.15) is 55.7 Å². The number of hydrogen-bond acceptors (Lipinski definition) is 1. The first-order valence-corrected chi connectivity index (χ1v) is 7.01. The lowest BCUT2D eigenvalue weighted by atomic mass is 9.88. The van der Waals surface area contributed by atoms with E-state index in [0.717, 1.165) is 12.0 Å². The summed E-state index contributed by atoms with van der Waals surface area (Å²) in [7, 11) is 0. The van der Waals surface area contributed by atoms with Crippen molar-refractivity contribution in [2.45, 2.75) is 39.0 Å². The molecule has 1 heteroatoms. The SMILES string of the molecule is CC[C@@H](C)c1ccc(O)c([C@@H](C)c2ccccc2)c1. The van der Waals surface area contributed by atoms with E-state index in [9.17, 15) is 5.11 Å². The Labute approximate surface area is 115 Å². The summed E-state index contributed by atoms with van der Waals surface area (Å²) in [5, 5.41) is 10.1. The average molecular weight is 254 g/mol. The van der Waals surface area contributed by atoms with E-state index < -0.39 is 0 Å². The van der Waals surface area contributed by atoms with Crippen LogP contribution >= 0.6 is 0 Å². The van der Waals surface area contributed by atoms with Crippen molar-refractivity contribution in [3.05, 3.63) is 65.2 Å². The lowest BCUT2D eigenvalue weighted by Gasteiger charge is -2.17. The van der Waals surface area contributed by atoms with E-state index in [2.05, 4.69) is 39.0 Å². The molecule has 19 heavy (non-hydrogen) atoms. The number of aromatic hydroxyl groups is 1. The second-order valence-electron chi connectivity index (χ2n) is 5.26. The fourth-order valence-electron chi connectivity index (χ4n) is 2.38. The Kier molecular flexibility index (Phi) is 4.26. The topological polar surface area (TPSA) is 20.2 Å². The largest absolute Gasteiger partial charge is 0.508 e. The highest BCUT2D eigenvalue weighted by molar-refractivity contribution is 5.43. The Morgan fingerprint density at radius 2 is 1.63 bits per heavy atom. The summed E-state index contributed by atoms with van der Waals surface area (Å²) in [6.07, 6.45) is 1.12. The third-order valence-electron chi connectivity index (χ3n) is 4.00. The summed E-state index contributed by atoms with van der Waals surface area (Å²) in [6.45, 7) is 6.56. The Morgan fingerprint density at radius 3 is 2.26 bits per heavy atom. The predicted octanol–water partition coefficient (Wildman–Crippen LogP) is 5.06. The highest BCUT2D eigenvalue weighted by atomic mass is 16.3. The maximum absolute atomic E-state index is 10.1. The molecule has 0 unspecified atom stereocenters. The van der Waals surface area contributed by atoms with Gasteiger partial charge in [0.05, 0.1) is 0 Å². The van der Waals surface area contributed by atoms with Gasteiger partial charge in [0.2, 0.25) is 0 Å². The summed E-state index contributed by atoms with van der Waals surface area (Å²) < 4.78 is 0. The normalized spacial score (nSPS) is 14.1. The molecule has 2 atom stereocenters. The van der Waals surface area contributed by atoms with Crippen LogP contribution < -0.4 is 0 Å². The fourth-order valence-corrected chi connectivity index (χ4v) is 2.38. The molecule has 2 rings (SSSR count). The van der Waals surface area contributed by atoms with Crippen molar-refractivity contribution < 1.29 is 5.11 Å². The Bertz CT molecular complexity index is 531. The van der Waals surface area contributed by atoms with Crippen LogP contribution in [0.4, 0.5) is 0 Å². The lowest BCUT2D eigenvalue weighted by molar-refractivity contribution is 0.465. The molecule has 0 heterocycles. The van der Waals surface area contributed by atoms with E-state index in [1.54, 1.807) is 0 Å². The summed E-state index contributed by atoms with van der Waals surface area (Å²) in [4.78, 5) is 0. The zero-order valence-corrected chi connectivity index (χ0v) is 11.9. The molecule has 0 radical (unpaired) electrons. The van der Waals surface area contributed by atoms with Crippen LogP contribution in [0.3, 0.4) is 0 Å². The first-order valence-electron chi connectivity index (χ1n) is 7.01. The van der Waals surface area contributed by atoms with Crippen molar-refractivity contribution in [1.82, 2.24) is 0 Å². The predicted molar refractivity (Wildman–Crippen MR) is 80.8 cm³/mol. The molecule has 0 aliphatic heterocycles. The molecule has 0 bridgehead atoms. The third-order valence-corrected chi connectivity index (χ3v) is 4.00. The van der Waals surface area contributed by atoms with Gasteiger partial charge >= 0.3 is 0 Å². The molecule has 0 aromatic heterocycles. The van der Waals surface area contributed by atoms with Gasteiger partial charge in [-0.2, -0.15) is 0 Å². The van der Waals surface area contributed by atoms with Gasteiger partial charge in [0.25, 0.3) is 0 Å². The fraction of sp³-hybridized carbons (Fsp3) is 0.333. The lowest BCUT2D eigenvalue weighted by Crippen LogP contribution is -1.99. The van der Waals surface area contributed by atoms with Crippen molar-refractivity contribution in [2.75, 3.05) is 0 Å². The summed E-state index contributed by atoms with van der Waals surface area (Å²) >= 11 is 0. The van der Waals surface area contributed by atoms with Gasteiger partial charge in [0.15, 0.2) is 0 Å².